The quantitative estimate of drug-likeness (QED) is 0.0535. The van der Waals surface area contributed by atoms with E-state index in [0.29, 0.717) is 6.61 Å². The second-order valence-corrected chi connectivity index (χ2v) is 12.3. The summed E-state index contributed by atoms with van der Waals surface area (Å²) in [5.41, 5.74) is 0. The summed E-state index contributed by atoms with van der Waals surface area (Å²) >= 11 is 0. The van der Waals surface area contributed by atoms with Gasteiger partial charge in [0, 0.05) is 6.92 Å². The van der Waals surface area contributed by atoms with Gasteiger partial charge in [-0.25, -0.2) is 0 Å². The van der Waals surface area contributed by atoms with Crippen molar-refractivity contribution in [2.45, 2.75) is 161 Å². The van der Waals surface area contributed by atoms with Crippen molar-refractivity contribution < 1.29 is 23.5 Å². The van der Waals surface area contributed by atoms with Crippen molar-refractivity contribution in [2.24, 2.45) is 0 Å². The molecule has 228 valence electrons. The third-order valence-electron chi connectivity index (χ3n) is 7.03. The molecule has 6 nitrogen and oxygen atoms in total. The smallest absolute Gasteiger partial charge is 0.329 e. The Balaban J connectivity index is 3.55. The minimum atomic E-state index is -1.92. The topological polar surface area (TPSA) is 68.2 Å². The molecule has 0 fully saturated rings. The van der Waals surface area contributed by atoms with Crippen molar-refractivity contribution in [3.63, 3.8) is 0 Å². The van der Waals surface area contributed by atoms with E-state index in [9.17, 15) is 9.69 Å². The van der Waals surface area contributed by atoms with Gasteiger partial charge >= 0.3 is 14.6 Å². The van der Waals surface area contributed by atoms with Crippen molar-refractivity contribution in [1.29, 1.82) is 0 Å². The van der Waals surface area contributed by atoms with Gasteiger partial charge in [0.15, 0.2) is 0 Å². The van der Waals surface area contributed by atoms with Crippen molar-refractivity contribution in [3.8, 4) is 0 Å². The Morgan fingerprint density at radius 1 is 0.684 bits per heavy atom. The lowest BCUT2D eigenvalue weighted by molar-refractivity contribution is -0.148. The first-order valence-electron chi connectivity index (χ1n) is 16.0. The fourth-order valence-electron chi connectivity index (χ4n) is 4.72. The van der Waals surface area contributed by atoms with Crippen LogP contribution in [-0.2, 0) is 18.6 Å². The first kappa shape index (κ1) is 37.7. The molecule has 1 N–H and O–H groups in total. The van der Waals surface area contributed by atoms with E-state index < -0.39 is 8.60 Å². The summed E-state index contributed by atoms with van der Waals surface area (Å²) in [6.45, 7) is 5.38. The van der Waals surface area contributed by atoms with Gasteiger partial charge in [-0.2, -0.15) is 0 Å². The molecule has 0 aromatic carbocycles. The summed E-state index contributed by atoms with van der Waals surface area (Å²) in [6.07, 6.45) is 28.2. The average Bonchev–Trinajstić information content (AvgIpc) is 2.87. The van der Waals surface area contributed by atoms with Crippen LogP contribution in [0.2, 0.25) is 0 Å². The zero-order valence-corrected chi connectivity index (χ0v) is 26.6. The Hall–Kier alpha value is -0.260. The highest BCUT2D eigenvalue weighted by molar-refractivity contribution is 7.40. The van der Waals surface area contributed by atoms with Gasteiger partial charge in [0.2, 0.25) is 0 Å². The Kier molecular flexibility index (Phi) is 29.5. The lowest BCUT2D eigenvalue weighted by Gasteiger charge is -2.18. The third kappa shape index (κ3) is 30.3. The number of nitrogens with zero attached hydrogens (tertiary/aromatic N) is 1. The molecule has 2 unspecified atom stereocenters. The lowest BCUT2D eigenvalue weighted by Crippen LogP contribution is -2.21. The molecule has 0 heterocycles. The van der Waals surface area contributed by atoms with Crippen LogP contribution >= 0.6 is 8.60 Å². The molecule has 0 amide bonds. The predicted molar refractivity (Wildman–Crippen MR) is 162 cm³/mol. The fraction of sp³-hybridized carbons (Fsp3) is 0.968. The summed E-state index contributed by atoms with van der Waals surface area (Å²) in [4.78, 5) is 23.5. The third-order valence-corrected chi connectivity index (χ3v) is 7.81. The van der Waals surface area contributed by atoms with Crippen molar-refractivity contribution in [1.82, 2.24) is 4.90 Å². The fourth-order valence-corrected chi connectivity index (χ4v) is 5.37. The van der Waals surface area contributed by atoms with Crippen LogP contribution in [0.15, 0.2) is 0 Å². The maximum atomic E-state index is 11.4. The van der Waals surface area contributed by atoms with E-state index in [0.717, 1.165) is 38.6 Å². The summed E-state index contributed by atoms with van der Waals surface area (Å²) in [5.74, 6) is -0.303. The van der Waals surface area contributed by atoms with Gasteiger partial charge in [-0.15, -0.1) is 0 Å². The molecule has 0 saturated carbocycles. The number of hydrogen-bond donors (Lipinski definition) is 1. The minimum absolute atomic E-state index is 0.193. The molecule has 0 rings (SSSR count). The number of esters is 1. The largest absolute Gasteiger partial charge is 0.460 e. The minimum Gasteiger partial charge on any atom is -0.460 e. The Labute approximate surface area is 238 Å². The number of unbranched alkanes of at least 4 members (excludes halogenated alkanes) is 19. The van der Waals surface area contributed by atoms with Crippen molar-refractivity contribution >= 4 is 14.6 Å². The second kappa shape index (κ2) is 29.7. The SMILES string of the molecule is CCCCCCCCCCCCCCCCCCCCCC(COP(O)OCCCCN(C)C)OC(C)=O. The van der Waals surface area contributed by atoms with Gasteiger partial charge in [0.1, 0.15) is 6.10 Å². The van der Waals surface area contributed by atoms with E-state index in [2.05, 4.69) is 11.8 Å². The summed E-state index contributed by atoms with van der Waals surface area (Å²) in [7, 11) is 2.17. The number of ether oxygens (including phenoxy) is 1. The Morgan fingerprint density at radius 3 is 1.55 bits per heavy atom. The van der Waals surface area contributed by atoms with E-state index >= 15 is 0 Å². The lowest BCUT2D eigenvalue weighted by atomic mass is 10.0. The monoisotopic (exact) mass is 561 g/mol. The van der Waals surface area contributed by atoms with Crippen LogP contribution < -0.4 is 0 Å². The molecular formula is C31H64NO5P. The van der Waals surface area contributed by atoms with Gasteiger partial charge in [-0.1, -0.05) is 122 Å². The number of hydrogen-bond acceptors (Lipinski definition) is 6. The second-order valence-electron chi connectivity index (χ2n) is 11.3. The van der Waals surface area contributed by atoms with Gasteiger partial charge in [0.25, 0.3) is 0 Å². The molecule has 0 aromatic rings. The van der Waals surface area contributed by atoms with Gasteiger partial charge in [-0.3, -0.25) is 4.79 Å². The molecular weight excluding hydrogens is 497 g/mol. The first-order valence-corrected chi connectivity index (χ1v) is 17.2. The maximum absolute atomic E-state index is 11.4. The van der Waals surface area contributed by atoms with E-state index in [1.54, 1.807) is 0 Å². The van der Waals surface area contributed by atoms with E-state index in [1.165, 1.54) is 116 Å². The molecule has 0 spiro atoms. The molecule has 38 heavy (non-hydrogen) atoms. The maximum Gasteiger partial charge on any atom is 0.329 e. The van der Waals surface area contributed by atoms with Crippen LogP contribution in [0, 0.1) is 0 Å². The molecule has 0 aromatic heterocycles. The van der Waals surface area contributed by atoms with E-state index in [-0.39, 0.29) is 18.7 Å². The van der Waals surface area contributed by atoms with Crippen LogP contribution in [0.3, 0.4) is 0 Å². The van der Waals surface area contributed by atoms with Crippen LogP contribution in [0.4, 0.5) is 0 Å². The zero-order valence-electron chi connectivity index (χ0n) is 25.7. The summed E-state index contributed by atoms with van der Waals surface area (Å²) in [5, 5.41) is 0. The summed E-state index contributed by atoms with van der Waals surface area (Å²) in [6, 6.07) is 0. The molecule has 0 aliphatic heterocycles. The molecule has 0 aliphatic carbocycles. The Bertz CT molecular complexity index is 495. The normalized spacial score (nSPS) is 13.2. The molecule has 7 heteroatoms. The van der Waals surface area contributed by atoms with Crippen LogP contribution in [0.5, 0.6) is 0 Å². The summed E-state index contributed by atoms with van der Waals surface area (Å²) < 4.78 is 16.2. The number of carbonyl (C=O) groups excluding carboxylic acids is 1. The highest BCUT2D eigenvalue weighted by atomic mass is 31.2. The molecule has 0 saturated heterocycles. The molecule has 0 radical (unpaired) electrons. The number of rotatable bonds is 30. The standard InChI is InChI=1S/C31H64NO5P/c1-5-6-7-8-9-10-11-12-13-14-15-16-17-18-19-20-21-22-23-26-31(37-30(2)33)29-36-38(34)35-28-25-24-27-32(3)4/h31,34H,5-29H2,1-4H3. The van der Waals surface area contributed by atoms with Crippen LogP contribution in [0.25, 0.3) is 0 Å². The van der Waals surface area contributed by atoms with Crippen molar-refractivity contribution in [2.75, 3.05) is 33.9 Å². The first-order chi connectivity index (χ1) is 18.5. The molecule has 0 bridgehead atoms. The van der Waals surface area contributed by atoms with Gasteiger partial charge < -0.3 is 23.6 Å². The highest BCUT2D eigenvalue weighted by Gasteiger charge is 2.16. The number of carbonyl (C=O) groups is 1. The predicted octanol–water partition coefficient (Wildman–Crippen LogP) is 9.33. The zero-order chi connectivity index (χ0) is 28.1. The van der Waals surface area contributed by atoms with Crippen molar-refractivity contribution in [3.05, 3.63) is 0 Å². The van der Waals surface area contributed by atoms with Crippen LogP contribution in [-0.4, -0.2) is 55.7 Å². The van der Waals surface area contributed by atoms with E-state index in [4.69, 9.17) is 13.8 Å². The molecule has 0 aliphatic rings. The Morgan fingerprint density at radius 2 is 1.13 bits per heavy atom. The average molecular weight is 562 g/mol. The van der Waals surface area contributed by atoms with Gasteiger partial charge in [0.05, 0.1) is 13.2 Å². The van der Waals surface area contributed by atoms with E-state index in [1.807, 2.05) is 14.1 Å². The highest BCUT2D eigenvalue weighted by Crippen LogP contribution is 2.33. The van der Waals surface area contributed by atoms with Gasteiger partial charge in [-0.05, 0) is 46.3 Å². The van der Waals surface area contributed by atoms with Crippen LogP contribution in [0.1, 0.15) is 155 Å². The molecule has 2 atom stereocenters.